The van der Waals surface area contributed by atoms with Crippen molar-refractivity contribution in [1.82, 2.24) is 9.88 Å². The molecule has 0 unspecified atom stereocenters. The van der Waals surface area contributed by atoms with Crippen molar-refractivity contribution in [2.24, 2.45) is 0 Å². The molecule has 114 valence electrons. The van der Waals surface area contributed by atoms with Gasteiger partial charge in [0.05, 0.1) is 12.3 Å². The Labute approximate surface area is 123 Å². The number of rotatable bonds is 10. The second-order valence-corrected chi connectivity index (χ2v) is 5.11. The van der Waals surface area contributed by atoms with E-state index in [1.807, 2.05) is 12.1 Å². The third-order valence-electron chi connectivity index (χ3n) is 3.57. The number of aromatic nitrogens is 1. The predicted octanol–water partition coefficient (Wildman–Crippen LogP) is 2.89. The molecule has 0 aliphatic carbocycles. The number of hydrogen-bond acceptors (Lipinski definition) is 4. The van der Waals surface area contributed by atoms with E-state index in [4.69, 9.17) is 0 Å². The number of pyridine rings is 1. The van der Waals surface area contributed by atoms with Crippen LogP contribution in [0.25, 0.3) is 0 Å². The zero-order valence-corrected chi connectivity index (χ0v) is 13.1. The van der Waals surface area contributed by atoms with Crippen LogP contribution in [0.3, 0.4) is 0 Å². The van der Waals surface area contributed by atoms with E-state index in [1.165, 1.54) is 0 Å². The summed E-state index contributed by atoms with van der Waals surface area (Å²) >= 11 is 0. The molecule has 0 radical (unpaired) electrons. The summed E-state index contributed by atoms with van der Waals surface area (Å²) in [5, 5.41) is 12.6. The molecule has 0 saturated carbocycles. The van der Waals surface area contributed by atoms with E-state index in [1.54, 1.807) is 0 Å². The van der Waals surface area contributed by atoms with Gasteiger partial charge in [0.25, 0.3) is 0 Å². The number of nitrogens with one attached hydrogen (secondary N) is 1. The summed E-state index contributed by atoms with van der Waals surface area (Å²) in [4.78, 5) is 6.97. The molecule has 0 fully saturated rings. The monoisotopic (exact) mass is 279 g/mol. The smallest absolute Gasteiger partial charge is 0.126 e. The molecule has 20 heavy (non-hydrogen) atoms. The van der Waals surface area contributed by atoms with Gasteiger partial charge < -0.3 is 10.4 Å². The number of aliphatic hydroxyl groups is 1. The van der Waals surface area contributed by atoms with E-state index < -0.39 is 0 Å². The predicted molar refractivity (Wildman–Crippen MR) is 84.9 cm³/mol. The first-order valence-electron chi connectivity index (χ1n) is 7.79. The molecule has 0 aliphatic rings. The van der Waals surface area contributed by atoms with Crippen LogP contribution < -0.4 is 5.32 Å². The van der Waals surface area contributed by atoms with Crippen molar-refractivity contribution in [3.05, 3.63) is 23.9 Å². The lowest BCUT2D eigenvalue weighted by molar-refractivity contribution is 0.135. The van der Waals surface area contributed by atoms with Crippen molar-refractivity contribution in [2.45, 2.75) is 52.6 Å². The summed E-state index contributed by atoms with van der Waals surface area (Å²) < 4.78 is 0. The van der Waals surface area contributed by atoms with Crippen molar-refractivity contribution in [1.29, 1.82) is 0 Å². The third-order valence-corrected chi connectivity index (χ3v) is 3.57. The van der Waals surface area contributed by atoms with Crippen LogP contribution in [0.1, 0.15) is 45.7 Å². The lowest BCUT2D eigenvalue weighted by atomic mass is 10.1. The van der Waals surface area contributed by atoms with Crippen LogP contribution in [0, 0.1) is 0 Å². The zero-order chi connectivity index (χ0) is 14.8. The Bertz CT molecular complexity index is 366. The van der Waals surface area contributed by atoms with Crippen molar-refractivity contribution in [3.63, 3.8) is 0 Å². The summed E-state index contributed by atoms with van der Waals surface area (Å²) in [6, 6.07) is 6.62. The molecule has 1 rings (SSSR count). The number of nitrogens with zero attached hydrogens (tertiary/aromatic N) is 2. The highest BCUT2D eigenvalue weighted by molar-refractivity contribution is 5.35. The molecule has 4 nitrogen and oxygen atoms in total. The molecule has 1 heterocycles. The lowest BCUT2D eigenvalue weighted by Crippen LogP contribution is -2.36. The summed E-state index contributed by atoms with van der Waals surface area (Å²) in [7, 11) is 0. The standard InChI is InChI=1S/C16H29N3O/c1-4-10-17-16-9-7-8-14(18-16)13-19(11-12-20)15(5-2)6-3/h7-9,15,20H,4-6,10-13H2,1-3H3,(H,17,18). The average Bonchev–Trinajstić information content (AvgIpc) is 2.47. The first-order valence-corrected chi connectivity index (χ1v) is 7.79. The van der Waals surface area contributed by atoms with E-state index in [0.29, 0.717) is 12.6 Å². The van der Waals surface area contributed by atoms with Gasteiger partial charge in [0.15, 0.2) is 0 Å². The average molecular weight is 279 g/mol. The van der Waals surface area contributed by atoms with Crippen molar-refractivity contribution >= 4 is 5.82 Å². The zero-order valence-electron chi connectivity index (χ0n) is 13.1. The highest BCUT2D eigenvalue weighted by atomic mass is 16.3. The molecule has 1 aromatic rings. The van der Waals surface area contributed by atoms with Crippen molar-refractivity contribution in [2.75, 3.05) is 25.0 Å². The molecule has 0 atom stereocenters. The molecule has 0 aromatic carbocycles. The number of anilines is 1. The Morgan fingerprint density at radius 3 is 2.60 bits per heavy atom. The van der Waals surface area contributed by atoms with E-state index >= 15 is 0 Å². The van der Waals surface area contributed by atoms with Gasteiger partial charge in [-0.05, 0) is 31.4 Å². The van der Waals surface area contributed by atoms with E-state index in [0.717, 1.165) is 43.9 Å². The lowest BCUT2D eigenvalue weighted by Gasteiger charge is -2.29. The Hall–Kier alpha value is -1.13. The molecule has 0 aliphatic heterocycles. The summed E-state index contributed by atoms with van der Waals surface area (Å²) in [5.74, 6) is 0.942. The van der Waals surface area contributed by atoms with Gasteiger partial charge in [0.1, 0.15) is 5.82 Å². The van der Waals surface area contributed by atoms with Crippen LogP contribution in [-0.4, -0.2) is 40.7 Å². The normalized spacial score (nSPS) is 11.3. The Kier molecular flexibility index (Phi) is 8.23. The summed E-state index contributed by atoms with van der Waals surface area (Å²) in [5.41, 5.74) is 1.06. The topological polar surface area (TPSA) is 48.4 Å². The molecule has 4 heteroatoms. The van der Waals surface area contributed by atoms with Crippen LogP contribution in [0.15, 0.2) is 18.2 Å². The molecule has 2 N–H and O–H groups in total. The highest BCUT2D eigenvalue weighted by Crippen LogP contribution is 2.13. The largest absolute Gasteiger partial charge is 0.395 e. The van der Waals surface area contributed by atoms with Gasteiger partial charge in [0.2, 0.25) is 0 Å². The number of aliphatic hydroxyl groups excluding tert-OH is 1. The van der Waals surface area contributed by atoms with E-state index in [-0.39, 0.29) is 6.61 Å². The molecule has 0 amide bonds. The second kappa shape index (κ2) is 9.72. The van der Waals surface area contributed by atoms with Crippen molar-refractivity contribution < 1.29 is 5.11 Å². The third kappa shape index (κ3) is 5.47. The maximum absolute atomic E-state index is 9.25. The Morgan fingerprint density at radius 2 is 2.00 bits per heavy atom. The van der Waals surface area contributed by atoms with Gasteiger partial charge in [-0.15, -0.1) is 0 Å². The molecule has 1 aromatic heterocycles. The van der Waals surface area contributed by atoms with Crippen LogP contribution in [0.4, 0.5) is 5.82 Å². The highest BCUT2D eigenvalue weighted by Gasteiger charge is 2.15. The SMILES string of the molecule is CCCNc1cccc(CN(CCO)C(CC)CC)n1. The summed E-state index contributed by atoms with van der Waals surface area (Å²) in [6.45, 7) is 9.20. The molecule has 0 saturated heterocycles. The number of hydrogen-bond donors (Lipinski definition) is 2. The van der Waals surface area contributed by atoms with Gasteiger partial charge in [-0.1, -0.05) is 26.8 Å². The minimum absolute atomic E-state index is 0.199. The first-order chi connectivity index (χ1) is 9.74. The van der Waals surface area contributed by atoms with E-state index in [2.05, 4.69) is 42.0 Å². The molecular weight excluding hydrogens is 250 g/mol. The fourth-order valence-corrected chi connectivity index (χ4v) is 2.45. The van der Waals surface area contributed by atoms with Crippen molar-refractivity contribution in [3.8, 4) is 0 Å². The first kappa shape index (κ1) is 16.9. The fourth-order valence-electron chi connectivity index (χ4n) is 2.45. The fraction of sp³-hybridized carbons (Fsp3) is 0.688. The Balaban J connectivity index is 2.71. The maximum Gasteiger partial charge on any atom is 0.126 e. The van der Waals surface area contributed by atoms with Crippen LogP contribution in [0.5, 0.6) is 0 Å². The van der Waals surface area contributed by atoms with E-state index in [9.17, 15) is 5.11 Å². The minimum Gasteiger partial charge on any atom is -0.395 e. The maximum atomic E-state index is 9.25. The quantitative estimate of drug-likeness (QED) is 0.691. The van der Waals surface area contributed by atoms with Gasteiger partial charge in [0, 0.05) is 25.7 Å². The Morgan fingerprint density at radius 1 is 1.25 bits per heavy atom. The van der Waals surface area contributed by atoms with Crippen LogP contribution >= 0.6 is 0 Å². The van der Waals surface area contributed by atoms with Gasteiger partial charge >= 0.3 is 0 Å². The van der Waals surface area contributed by atoms with Crippen LogP contribution in [-0.2, 0) is 6.54 Å². The van der Waals surface area contributed by atoms with Gasteiger partial charge in [-0.25, -0.2) is 4.98 Å². The molecule has 0 bridgehead atoms. The van der Waals surface area contributed by atoms with Gasteiger partial charge in [-0.3, -0.25) is 4.90 Å². The van der Waals surface area contributed by atoms with Gasteiger partial charge in [-0.2, -0.15) is 0 Å². The summed E-state index contributed by atoms with van der Waals surface area (Å²) in [6.07, 6.45) is 3.30. The minimum atomic E-state index is 0.199. The molecular formula is C16H29N3O. The second-order valence-electron chi connectivity index (χ2n) is 5.11. The molecule has 0 spiro atoms. The van der Waals surface area contributed by atoms with Crippen LogP contribution in [0.2, 0.25) is 0 Å².